The molecular weight excluding hydrogens is 396 g/mol. The highest BCUT2D eigenvalue weighted by molar-refractivity contribution is 5.91. The molecule has 10 atom stereocenters. The van der Waals surface area contributed by atoms with E-state index in [1.165, 1.54) is 0 Å². The summed E-state index contributed by atoms with van der Waals surface area (Å²) in [6.07, 6.45) is -7.60. The maximum absolute atomic E-state index is 12.1. The summed E-state index contributed by atoms with van der Waals surface area (Å²) in [5.41, 5.74) is 1.82. The number of fused-ring (bicyclic) bond motifs is 3. The summed E-state index contributed by atoms with van der Waals surface area (Å²) in [5, 5.41) is 50.2. The van der Waals surface area contributed by atoms with Crippen molar-refractivity contribution >= 4 is 5.97 Å². The first kappa shape index (κ1) is 21.5. The second-order valence-electron chi connectivity index (χ2n) is 8.61. The molecule has 2 aliphatic heterocycles. The highest BCUT2D eigenvalue weighted by atomic mass is 16.7. The molecule has 30 heavy (non-hydrogen) atoms. The molecule has 2 heterocycles. The van der Waals surface area contributed by atoms with Gasteiger partial charge in [-0.2, -0.15) is 0 Å². The van der Waals surface area contributed by atoms with Crippen molar-refractivity contribution in [1.29, 1.82) is 0 Å². The van der Waals surface area contributed by atoms with Gasteiger partial charge < -0.3 is 39.7 Å². The molecule has 4 aliphatic rings. The molecule has 0 aromatic carbocycles. The Bertz CT molecular complexity index is 787. The Balaban J connectivity index is 1.61. The lowest BCUT2D eigenvalue weighted by atomic mass is 9.80. The van der Waals surface area contributed by atoms with Crippen molar-refractivity contribution in [3.63, 3.8) is 0 Å². The molecule has 166 valence electrons. The van der Waals surface area contributed by atoms with Crippen LogP contribution in [-0.2, 0) is 19.0 Å². The van der Waals surface area contributed by atoms with Gasteiger partial charge in [0.1, 0.15) is 30.5 Å². The lowest BCUT2D eigenvalue weighted by Crippen LogP contribution is -2.59. The van der Waals surface area contributed by atoms with Crippen LogP contribution in [0.25, 0.3) is 0 Å². The number of hydrogen-bond donors (Lipinski definition) is 5. The zero-order chi connectivity index (χ0) is 21.9. The standard InChI is InChI=1S/C21H28O9/c1-7-4-11(23)15-9(3)20(27)30-19(15)14-8(2)12(5-10(7)14)28-21-18(26)17(25)16(24)13(6-22)29-21/h10-11,13-19,21-26H,1,3-6H2,2H3. The first-order valence-electron chi connectivity index (χ1n) is 10.1. The number of allylic oxidation sites excluding steroid dienone is 1. The molecule has 9 nitrogen and oxygen atoms in total. The third-order valence-electron chi connectivity index (χ3n) is 6.91. The van der Waals surface area contributed by atoms with E-state index in [1.54, 1.807) is 0 Å². The van der Waals surface area contributed by atoms with Crippen LogP contribution in [0.5, 0.6) is 0 Å². The van der Waals surface area contributed by atoms with Crippen LogP contribution < -0.4 is 0 Å². The molecule has 0 aromatic heterocycles. The van der Waals surface area contributed by atoms with Crippen LogP contribution in [0.2, 0.25) is 0 Å². The van der Waals surface area contributed by atoms with Crippen molar-refractivity contribution in [2.45, 2.75) is 62.7 Å². The van der Waals surface area contributed by atoms with Crippen molar-refractivity contribution in [3.05, 3.63) is 35.6 Å². The Morgan fingerprint density at radius 2 is 1.77 bits per heavy atom. The van der Waals surface area contributed by atoms with Gasteiger partial charge in [-0.3, -0.25) is 0 Å². The van der Waals surface area contributed by atoms with E-state index in [4.69, 9.17) is 14.2 Å². The van der Waals surface area contributed by atoms with E-state index in [-0.39, 0.29) is 17.4 Å². The van der Waals surface area contributed by atoms with E-state index >= 15 is 0 Å². The Hall–Kier alpha value is -1.75. The average Bonchev–Trinajstić information content (AvgIpc) is 3.15. The molecule has 2 saturated heterocycles. The monoisotopic (exact) mass is 424 g/mol. The highest BCUT2D eigenvalue weighted by Gasteiger charge is 2.55. The summed E-state index contributed by atoms with van der Waals surface area (Å²) in [6, 6.07) is 0. The van der Waals surface area contributed by atoms with Crippen molar-refractivity contribution in [2.24, 2.45) is 17.8 Å². The van der Waals surface area contributed by atoms with E-state index in [2.05, 4.69) is 13.2 Å². The Morgan fingerprint density at radius 3 is 2.43 bits per heavy atom. The number of esters is 1. The molecule has 1 saturated carbocycles. The van der Waals surface area contributed by atoms with E-state index in [9.17, 15) is 30.3 Å². The quantitative estimate of drug-likeness (QED) is 0.222. The normalized spacial score (nSPS) is 46.4. The first-order valence-corrected chi connectivity index (χ1v) is 10.1. The number of ether oxygens (including phenoxy) is 3. The van der Waals surface area contributed by atoms with Crippen molar-refractivity contribution < 1.29 is 44.5 Å². The molecule has 10 unspecified atom stereocenters. The smallest absolute Gasteiger partial charge is 0.334 e. The fourth-order valence-electron chi connectivity index (χ4n) is 5.20. The van der Waals surface area contributed by atoms with Gasteiger partial charge in [0.15, 0.2) is 0 Å². The fourth-order valence-corrected chi connectivity index (χ4v) is 5.20. The van der Waals surface area contributed by atoms with Gasteiger partial charge in [0.05, 0.1) is 24.4 Å². The van der Waals surface area contributed by atoms with Gasteiger partial charge in [-0.25, -0.2) is 4.79 Å². The van der Waals surface area contributed by atoms with E-state index in [0.29, 0.717) is 18.6 Å². The second-order valence-corrected chi connectivity index (χ2v) is 8.61. The lowest BCUT2D eigenvalue weighted by Gasteiger charge is -2.40. The van der Waals surface area contributed by atoms with Gasteiger partial charge in [0, 0.05) is 17.9 Å². The van der Waals surface area contributed by atoms with Crippen LogP contribution >= 0.6 is 0 Å². The Kier molecular flexibility index (Phi) is 5.54. The van der Waals surface area contributed by atoms with E-state index in [0.717, 1.165) is 11.1 Å². The van der Waals surface area contributed by atoms with Crippen LogP contribution in [0.1, 0.15) is 19.8 Å². The van der Waals surface area contributed by atoms with E-state index in [1.807, 2.05) is 6.92 Å². The number of carbonyl (C=O) groups is 1. The maximum Gasteiger partial charge on any atom is 0.334 e. The minimum absolute atomic E-state index is 0.145. The molecule has 4 rings (SSSR count). The Morgan fingerprint density at radius 1 is 1.07 bits per heavy atom. The second kappa shape index (κ2) is 7.74. The van der Waals surface area contributed by atoms with Crippen LogP contribution in [-0.4, -0.2) is 81.0 Å². The molecule has 0 radical (unpaired) electrons. The maximum atomic E-state index is 12.1. The van der Waals surface area contributed by atoms with Gasteiger partial charge in [-0.15, -0.1) is 0 Å². The summed E-state index contributed by atoms with van der Waals surface area (Å²) >= 11 is 0. The predicted molar refractivity (Wildman–Crippen MR) is 101 cm³/mol. The fraction of sp³-hybridized carbons (Fsp3) is 0.667. The van der Waals surface area contributed by atoms with Crippen LogP contribution in [0.4, 0.5) is 0 Å². The van der Waals surface area contributed by atoms with Crippen LogP contribution in [0, 0.1) is 17.8 Å². The summed E-state index contributed by atoms with van der Waals surface area (Å²) < 4.78 is 16.9. The summed E-state index contributed by atoms with van der Waals surface area (Å²) in [4.78, 5) is 12.1. The minimum Gasteiger partial charge on any atom is -0.466 e. The Labute approximate surface area is 173 Å². The average molecular weight is 424 g/mol. The third kappa shape index (κ3) is 3.21. The first-order chi connectivity index (χ1) is 14.1. The molecular formula is C21H28O9. The number of aliphatic hydroxyl groups is 5. The largest absolute Gasteiger partial charge is 0.466 e. The molecule has 3 fully saturated rings. The zero-order valence-corrected chi connectivity index (χ0v) is 16.7. The predicted octanol–water partition coefficient (Wildman–Crippen LogP) is -0.868. The van der Waals surface area contributed by atoms with Crippen molar-refractivity contribution in [1.82, 2.24) is 0 Å². The SMILES string of the molecule is C=C1CC(O)C2C(=C)C(=O)OC2C2C(C)=C(OC3OC(CO)C(O)C(O)C3O)CC12. The van der Waals surface area contributed by atoms with Gasteiger partial charge in [0.2, 0.25) is 6.29 Å². The van der Waals surface area contributed by atoms with Crippen molar-refractivity contribution in [2.75, 3.05) is 6.61 Å². The number of rotatable bonds is 3. The topological polar surface area (TPSA) is 146 Å². The highest BCUT2D eigenvalue weighted by Crippen LogP contribution is 2.52. The molecule has 0 bridgehead atoms. The van der Waals surface area contributed by atoms with Crippen molar-refractivity contribution in [3.8, 4) is 0 Å². The summed E-state index contributed by atoms with van der Waals surface area (Å²) in [6.45, 7) is 9.18. The molecule has 9 heteroatoms. The third-order valence-corrected chi connectivity index (χ3v) is 6.91. The number of aliphatic hydroxyl groups excluding tert-OH is 5. The number of carbonyl (C=O) groups excluding carboxylic acids is 1. The van der Waals surface area contributed by atoms with Gasteiger partial charge in [-0.05, 0) is 24.8 Å². The van der Waals surface area contributed by atoms with Gasteiger partial charge >= 0.3 is 5.97 Å². The zero-order valence-electron chi connectivity index (χ0n) is 16.7. The summed E-state index contributed by atoms with van der Waals surface area (Å²) in [7, 11) is 0. The summed E-state index contributed by atoms with van der Waals surface area (Å²) in [5.74, 6) is -0.979. The van der Waals surface area contributed by atoms with Crippen LogP contribution in [0.3, 0.4) is 0 Å². The van der Waals surface area contributed by atoms with Crippen LogP contribution in [0.15, 0.2) is 35.6 Å². The van der Waals surface area contributed by atoms with Gasteiger partial charge in [-0.1, -0.05) is 18.7 Å². The molecule has 0 aromatic rings. The minimum atomic E-state index is -1.54. The lowest BCUT2D eigenvalue weighted by molar-refractivity contribution is -0.292. The molecule has 0 spiro atoms. The molecule has 2 aliphatic carbocycles. The molecule has 5 N–H and O–H groups in total. The van der Waals surface area contributed by atoms with E-state index < -0.39 is 61.4 Å². The number of hydrogen-bond acceptors (Lipinski definition) is 9. The molecule has 0 amide bonds. The van der Waals surface area contributed by atoms with Gasteiger partial charge in [0.25, 0.3) is 0 Å².